The highest BCUT2D eigenvalue weighted by Gasteiger charge is 2.16. The van der Waals surface area contributed by atoms with Crippen molar-refractivity contribution < 1.29 is 0 Å². The van der Waals surface area contributed by atoms with Gasteiger partial charge in [-0.1, -0.05) is 64.3 Å². The van der Waals surface area contributed by atoms with Crippen molar-refractivity contribution in [3.63, 3.8) is 0 Å². The molecule has 4 aromatic rings. The number of benzene rings is 1. The van der Waals surface area contributed by atoms with Gasteiger partial charge in [0.1, 0.15) is 14.7 Å². The monoisotopic (exact) mass is 432 g/mol. The van der Waals surface area contributed by atoms with Crippen LogP contribution in [0.4, 0.5) is 0 Å². The molecular formula is C18H13ClN4OS3. The van der Waals surface area contributed by atoms with E-state index in [1.54, 1.807) is 10.6 Å². The third kappa shape index (κ3) is 3.70. The maximum Gasteiger partial charge on any atom is 0.272 e. The number of thioether (sulfide) groups is 1. The first-order valence-corrected chi connectivity index (χ1v) is 10.9. The molecule has 0 aliphatic rings. The minimum Gasteiger partial charge on any atom is -0.282 e. The summed E-state index contributed by atoms with van der Waals surface area (Å²) in [7, 11) is 0. The molecule has 3 aromatic heterocycles. The summed E-state index contributed by atoms with van der Waals surface area (Å²) in [5, 5.41) is 4.64. The first kappa shape index (κ1) is 18.4. The molecule has 0 amide bonds. The summed E-state index contributed by atoms with van der Waals surface area (Å²) < 4.78 is 6.68. The molecule has 27 heavy (non-hydrogen) atoms. The Bertz CT molecular complexity index is 1170. The van der Waals surface area contributed by atoms with Crippen molar-refractivity contribution in [2.45, 2.75) is 17.5 Å². The van der Waals surface area contributed by atoms with Crippen molar-refractivity contribution in [1.82, 2.24) is 19.1 Å². The van der Waals surface area contributed by atoms with Crippen molar-refractivity contribution in [3.8, 4) is 10.4 Å². The lowest BCUT2D eigenvalue weighted by molar-refractivity contribution is 0.672. The summed E-state index contributed by atoms with van der Waals surface area (Å²) in [6.45, 7) is 4.15. The predicted molar refractivity (Wildman–Crippen MR) is 114 cm³/mol. The first-order chi connectivity index (χ1) is 13.2. The van der Waals surface area contributed by atoms with E-state index in [9.17, 15) is 4.79 Å². The maximum atomic E-state index is 13.0. The normalized spacial score (nSPS) is 11.1. The Morgan fingerprint density at radius 1 is 1.30 bits per heavy atom. The smallest absolute Gasteiger partial charge is 0.272 e. The van der Waals surface area contributed by atoms with Gasteiger partial charge in [-0.25, -0.2) is 4.98 Å². The molecule has 0 aliphatic heterocycles. The van der Waals surface area contributed by atoms with E-state index in [-0.39, 0.29) is 5.56 Å². The van der Waals surface area contributed by atoms with E-state index in [0.717, 1.165) is 22.0 Å². The van der Waals surface area contributed by atoms with Crippen LogP contribution in [0, 0.1) is 0 Å². The van der Waals surface area contributed by atoms with Crippen LogP contribution in [-0.4, -0.2) is 19.1 Å². The van der Waals surface area contributed by atoms with E-state index >= 15 is 0 Å². The standard InChI is InChI=1S/C18H13ClN4OS3/c1-2-8-23-17(24)15-12(9-14(26-15)11-6-4-3-5-7-11)20-18(23)25-10-13-16(19)27-22-21-13/h2-7,9H,1,8,10H2. The molecule has 0 unspecified atom stereocenters. The van der Waals surface area contributed by atoms with Crippen LogP contribution in [0.25, 0.3) is 20.7 Å². The topological polar surface area (TPSA) is 60.7 Å². The second-order valence-corrected chi connectivity index (χ2v) is 8.92. The highest BCUT2D eigenvalue weighted by atomic mass is 35.5. The van der Waals surface area contributed by atoms with Crippen molar-refractivity contribution in [1.29, 1.82) is 0 Å². The highest BCUT2D eigenvalue weighted by molar-refractivity contribution is 7.98. The zero-order chi connectivity index (χ0) is 18.8. The van der Waals surface area contributed by atoms with E-state index in [1.165, 1.54) is 23.1 Å². The summed E-state index contributed by atoms with van der Waals surface area (Å²) in [5.74, 6) is 0.500. The van der Waals surface area contributed by atoms with Crippen LogP contribution in [0.5, 0.6) is 0 Å². The molecule has 136 valence electrons. The zero-order valence-electron chi connectivity index (χ0n) is 14.0. The Hall–Kier alpha value is -2.00. The summed E-state index contributed by atoms with van der Waals surface area (Å²) in [4.78, 5) is 18.8. The highest BCUT2D eigenvalue weighted by Crippen LogP contribution is 2.33. The van der Waals surface area contributed by atoms with Gasteiger partial charge in [-0.3, -0.25) is 9.36 Å². The third-order valence-corrected chi connectivity index (χ3v) is 6.95. The summed E-state index contributed by atoms with van der Waals surface area (Å²) in [6, 6.07) is 12.0. The number of rotatable bonds is 6. The molecular weight excluding hydrogens is 420 g/mol. The number of hydrogen-bond donors (Lipinski definition) is 0. The minimum atomic E-state index is -0.0583. The van der Waals surface area contributed by atoms with Gasteiger partial charge >= 0.3 is 0 Å². The first-order valence-electron chi connectivity index (χ1n) is 7.97. The number of aromatic nitrogens is 4. The second-order valence-electron chi connectivity index (χ2n) is 5.57. The third-order valence-electron chi connectivity index (χ3n) is 3.82. The fourth-order valence-electron chi connectivity index (χ4n) is 2.55. The molecule has 4 rings (SSSR count). The summed E-state index contributed by atoms with van der Waals surface area (Å²) in [6.07, 6.45) is 1.70. The van der Waals surface area contributed by atoms with Crippen LogP contribution in [-0.2, 0) is 12.3 Å². The summed E-state index contributed by atoms with van der Waals surface area (Å²) >= 11 is 10.1. The SMILES string of the molecule is C=CCn1c(SCc2nnsc2Cl)nc2cc(-c3ccccc3)sc2c1=O. The molecule has 1 aromatic carbocycles. The van der Waals surface area contributed by atoms with Crippen LogP contribution in [0.3, 0.4) is 0 Å². The zero-order valence-corrected chi connectivity index (χ0v) is 17.2. The Labute approximate surface area is 172 Å². The number of fused-ring (bicyclic) bond motifs is 1. The van der Waals surface area contributed by atoms with Gasteiger partial charge in [-0.05, 0) is 11.6 Å². The number of hydrogen-bond acceptors (Lipinski definition) is 7. The van der Waals surface area contributed by atoms with E-state index in [4.69, 9.17) is 16.6 Å². The molecule has 0 aliphatic carbocycles. The predicted octanol–water partition coefficient (Wildman–Crippen LogP) is 5.11. The Balaban J connectivity index is 1.78. The Kier molecular flexibility index (Phi) is 5.40. The van der Waals surface area contributed by atoms with Crippen molar-refractivity contribution in [2.24, 2.45) is 0 Å². The second kappa shape index (κ2) is 7.93. The van der Waals surface area contributed by atoms with Crippen molar-refractivity contribution in [2.75, 3.05) is 0 Å². The molecule has 0 bridgehead atoms. The van der Waals surface area contributed by atoms with Crippen LogP contribution in [0.1, 0.15) is 5.69 Å². The average molecular weight is 433 g/mol. The van der Waals surface area contributed by atoms with Gasteiger partial charge in [0.15, 0.2) is 5.16 Å². The van der Waals surface area contributed by atoms with Gasteiger partial charge in [-0.15, -0.1) is 23.0 Å². The van der Waals surface area contributed by atoms with Gasteiger partial charge in [0.25, 0.3) is 5.56 Å². The molecule has 0 spiro atoms. The van der Waals surface area contributed by atoms with Crippen molar-refractivity contribution >= 4 is 56.4 Å². The van der Waals surface area contributed by atoms with Crippen molar-refractivity contribution in [3.05, 3.63) is 69.4 Å². The quantitative estimate of drug-likeness (QED) is 0.241. The lowest BCUT2D eigenvalue weighted by Gasteiger charge is -2.09. The average Bonchev–Trinajstić information content (AvgIpc) is 3.30. The van der Waals surface area contributed by atoms with Gasteiger partial charge in [0.05, 0.1) is 5.52 Å². The molecule has 9 heteroatoms. The van der Waals surface area contributed by atoms with E-state index in [2.05, 4.69) is 16.2 Å². The molecule has 0 saturated carbocycles. The van der Waals surface area contributed by atoms with Crippen LogP contribution >= 0.6 is 46.2 Å². The van der Waals surface area contributed by atoms with E-state index < -0.39 is 0 Å². The molecule has 0 saturated heterocycles. The largest absolute Gasteiger partial charge is 0.282 e. The van der Waals surface area contributed by atoms with E-state index in [0.29, 0.717) is 37.7 Å². The van der Waals surface area contributed by atoms with Gasteiger partial charge < -0.3 is 0 Å². The molecule has 5 nitrogen and oxygen atoms in total. The fraction of sp³-hybridized carbons (Fsp3) is 0.111. The van der Waals surface area contributed by atoms with Gasteiger partial charge in [0.2, 0.25) is 0 Å². The Morgan fingerprint density at radius 2 is 2.11 bits per heavy atom. The number of allylic oxidation sites excluding steroid dienone is 1. The molecule has 0 radical (unpaired) electrons. The van der Waals surface area contributed by atoms with Crippen LogP contribution in [0.2, 0.25) is 4.34 Å². The van der Waals surface area contributed by atoms with Gasteiger partial charge in [-0.2, -0.15) is 0 Å². The summed E-state index contributed by atoms with van der Waals surface area (Å²) in [5.41, 5.74) is 2.41. The molecule has 3 heterocycles. The lowest BCUT2D eigenvalue weighted by atomic mass is 10.2. The maximum absolute atomic E-state index is 13.0. The number of halogens is 1. The van der Waals surface area contributed by atoms with E-state index in [1.807, 2.05) is 36.4 Å². The molecule has 0 atom stereocenters. The Morgan fingerprint density at radius 3 is 2.81 bits per heavy atom. The molecule has 0 N–H and O–H groups in total. The van der Waals surface area contributed by atoms with Crippen LogP contribution < -0.4 is 5.56 Å². The number of nitrogens with zero attached hydrogens (tertiary/aromatic N) is 4. The molecule has 0 fully saturated rings. The number of thiophene rings is 1. The lowest BCUT2D eigenvalue weighted by Crippen LogP contribution is -2.21. The van der Waals surface area contributed by atoms with Gasteiger partial charge in [0, 0.05) is 28.7 Å². The van der Waals surface area contributed by atoms with Crippen LogP contribution in [0.15, 0.2) is 59.0 Å². The fourth-order valence-corrected chi connectivity index (χ4v) is 5.34. The minimum absolute atomic E-state index is 0.0583.